The van der Waals surface area contributed by atoms with E-state index in [1.54, 1.807) is 62.4 Å². The van der Waals surface area contributed by atoms with E-state index in [9.17, 15) is 22.8 Å². The summed E-state index contributed by atoms with van der Waals surface area (Å²) in [6, 6.07) is 17.6. The van der Waals surface area contributed by atoms with Gasteiger partial charge in [0.15, 0.2) is 11.9 Å². The fourth-order valence-corrected chi connectivity index (χ4v) is 3.52. The minimum absolute atomic E-state index is 0.0331. The lowest BCUT2D eigenvalue weighted by molar-refractivity contribution is -0.150. The molecule has 0 spiro atoms. The number of hydrogen-bond donors (Lipinski definition) is 0. The predicted octanol–water partition coefficient (Wildman–Crippen LogP) is 5.29. The third-order valence-corrected chi connectivity index (χ3v) is 5.34. The number of aromatic nitrogens is 2. The quantitative estimate of drug-likeness (QED) is 0.250. The van der Waals surface area contributed by atoms with Gasteiger partial charge >= 0.3 is 12.1 Å². The fraction of sp³-hybridized carbons (Fsp3) is 0.185. The van der Waals surface area contributed by atoms with Crippen LogP contribution in [0.5, 0.6) is 5.75 Å². The average molecular weight is 509 g/mol. The number of halogens is 3. The third kappa shape index (κ3) is 5.85. The molecule has 0 aliphatic carbocycles. The van der Waals surface area contributed by atoms with Crippen LogP contribution >= 0.6 is 0 Å². The van der Waals surface area contributed by atoms with Crippen LogP contribution in [-0.2, 0) is 15.7 Å². The normalized spacial score (nSPS) is 12.6. The number of ether oxygens (including phenoxy) is 2. The fourth-order valence-electron chi connectivity index (χ4n) is 3.52. The SMILES string of the molecule is CCOC(=O)[C@H](C)Oc1ccc(C=Nn2c(-c3cccc(C(F)(F)F)c3)nc3ccccc3c2=O)cc1. The maximum atomic E-state index is 13.3. The molecule has 1 heterocycles. The molecule has 1 aromatic heterocycles. The number of alkyl halides is 3. The molecule has 4 rings (SSSR count). The molecule has 0 bridgehead atoms. The van der Waals surface area contributed by atoms with Gasteiger partial charge in [0.25, 0.3) is 5.56 Å². The summed E-state index contributed by atoms with van der Waals surface area (Å²) in [5.74, 6) is -0.0976. The molecule has 3 aromatic carbocycles. The molecule has 1 atom stereocenters. The predicted molar refractivity (Wildman–Crippen MR) is 133 cm³/mol. The Morgan fingerprint density at radius 3 is 2.51 bits per heavy atom. The van der Waals surface area contributed by atoms with Gasteiger partial charge in [-0.15, -0.1) is 0 Å². The average Bonchev–Trinajstić information content (AvgIpc) is 2.88. The van der Waals surface area contributed by atoms with E-state index in [0.29, 0.717) is 16.8 Å². The molecule has 37 heavy (non-hydrogen) atoms. The molecule has 0 radical (unpaired) electrons. The molecule has 0 N–H and O–H groups in total. The summed E-state index contributed by atoms with van der Waals surface area (Å²) < 4.78 is 51.4. The van der Waals surface area contributed by atoms with Crippen molar-refractivity contribution in [2.45, 2.75) is 26.1 Å². The molecule has 0 unspecified atom stereocenters. The Labute approximate surface area is 209 Å². The van der Waals surface area contributed by atoms with Gasteiger partial charge in [0.05, 0.1) is 29.3 Å². The summed E-state index contributed by atoms with van der Waals surface area (Å²) in [6.45, 7) is 3.52. The maximum absolute atomic E-state index is 13.3. The molecule has 0 amide bonds. The zero-order valence-corrected chi connectivity index (χ0v) is 19.9. The first kappa shape index (κ1) is 25.6. The largest absolute Gasteiger partial charge is 0.479 e. The van der Waals surface area contributed by atoms with E-state index in [4.69, 9.17) is 9.47 Å². The lowest BCUT2D eigenvalue weighted by Gasteiger charge is -2.13. The molecule has 0 aliphatic heterocycles. The van der Waals surface area contributed by atoms with Gasteiger partial charge < -0.3 is 9.47 Å². The van der Waals surface area contributed by atoms with E-state index >= 15 is 0 Å². The van der Waals surface area contributed by atoms with E-state index in [2.05, 4.69) is 10.1 Å². The summed E-state index contributed by atoms with van der Waals surface area (Å²) in [7, 11) is 0. The van der Waals surface area contributed by atoms with E-state index in [1.165, 1.54) is 18.3 Å². The van der Waals surface area contributed by atoms with Gasteiger partial charge in [0.1, 0.15) is 5.75 Å². The first-order valence-electron chi connectivity index (χ1n) is 11.3. The highest BCUT2D eigenvalue weighted by molar-refractivity contribution is 5.82. The van der Waals surface area contributed by atoms with Crippen molar-refractivity contribution in [3.8, 4) is 17.1 Å². The van der Waals surface area contributed by atoms with Crippen molar-refractivity contribution in [2.75, 3.05) is 6.61 Å². The maximum Gasteiger partial charge on any atom is 0.416 e. The van der Waals surface area contributed by atoms with Crippen LogP contribution in [0.2, 0.25) is 0 Å². The van der Waals surface area contributed by atoms with E-state index in [0.717, 1.165) is 16.8 Å². The van der Waals surface area contributed by atoms with Gasteiger partial charge in [-0.05, 0) is 67.9 Å². The number of esters is 1. The summed E-state index contributed by atoms with van der Waals surface area (Å²) in [5.41, 5.74) is -0.394. The summed E-state index contributed by atoms with van der Waals surface area (Å²) in [6.07, 6.45) is -3.97. The van der Waals surface area contributed by atoms with Crippen LogP contribution in [0.4, 0.5) is 13.2 Å². The first-order chi connectivity index (χ1) is 17.7. The number of nitrogens with zero attached hydrogens (tertiary/aromatic N) is 3. The van der Waals surface area contributed by atoms with Crippen LogP contribution in [0.3, 0.4) is 0 Å². The number of hydrogen-bond acceptors (Lipinski definition) is 6. The van der Waals surface area contributed by atoms with Crippen LogP contribution in [0.1, 0.15) is 25.0 Å². The number of benzene rings is 3. The summed E-state index contributed by atoms with van der Waals surface area (Å²) in [5, 5.41) is 4.53. The molecular weight excluding hydrogens is 487 g/mol. The second kappa shape index (κ2) is 10.7. The number of para-hydroxylation sites is 1. The number of carbonyl (C=O) groups is 1. The van der Waals surface area contributed by atoms with Gasteiger partial charge in [0, 0.05) is 5.56 Å². The Balaban J connectivity index is 1.71. The minimum Gasteiger partial charge on any atom is -0.479 e. The van der Waals surface area contributed by atoms with Crippen LogP contribution in [0.25, 0.3) is 22.3 Å². The van der Waals surface area contributed by atoms with Gasteiger partial charge in [-0.1, -0.05) is 24.3 Å². The summed E-state index contributed by atoms with van der Waals surface area (Å²) in [4.78, 5) is 29.4. The van der Waals surface area contributed by atoms with Crippen molar-refractivity contribution >= 4 is 23.1 Å². The minimum atomic E-state index is -4.56. The molecule has 0 aliphatic rings. The van der Waals surface area contributed by atoms with Gasteiger partial charge in [-0.2, -0.15) is 22.9 Å². The zero-order chi connectivity index (χ0) is 26.6. The Kier molecular flexibility index (Phi) is 7.37. The van der Waals surface area contributed by atoms with Crippen LogP contribution < -0.4 is 10.3 Å². The first-order valence-corrected chi connectivity index (χ1v) is 11.3. The smallest absolute Gasteiger partial charge is 0.416 e. The highest BCUT2D eigenvalue weighted by Gasteiger charge is 2.31. The van der Waals surface area contributed by atoms with Crippen molar-refractivity contribution in [2.24, 2.45) is 5.10 Å². The van der Waals surface area contributed by atoms with Gasteiger partial charge in [-0.25, -0.2) is 9.78 Å². The third-order valence-electron chi connectivity index (χ3n) is 5.34. The Morgan fingerprint density at radius 1 is 1.08 bits per heavy atom. The van der Waals surface area contributed by atoms with Crippen molar-refractivity contribution < 1.29 is 27.4 Å². The van der Waals surface area contributed by atoms with Gasteiger partial charge in [0.2, 0.25) is 0 Å². The van der Waals surface area contributed by atoms with Crippen LogP contribution in [0, 0.1) is 0 Å². The molecule has 190 valence electrons. The van der Waals surface area contributed by atoms with Crippen LogP contribution in [0.15, 0.2) is 82.7 Å². The van der Waals surface area contributed by atoms with Crippen molar-refractivity contribution in [3.63, 3.8) is 0 Å². The lowest BCUT2D eigenvalue weighted by atomic mass is 10.1. The van der Waals surface area contributed by atoms with E-state index in [1.807, 2.05) is 0 Å². The molecule has 4 aromatic rings. The molecule has 0 saturated carbocycles. The topological polar surface area (TPSA) is 82.8 Å². The Hall–Kier alpha value is -4.47. The van der Waals surface area contributed by atoms with Crippen molar-refractivity contribution in [1.29, 1.82) is 0 Å². The Bertz CT molecular complexity index is 1510. The zero-order valence-electron chi connectivity index (χ0n) is 19.9. The number of fused-ring (bicyclic) bond motifs is 1. The van der Waals surface area contributed by atoms with Crippen LogP contribution in [-0.4, -0.2) is 34.6 Å². The molecule has 0 saturated heterocycles. The van der Waals surface area contributed by atoms with E-state index in [-0.39, 0.29) is 23.4 Å². The second-order valence-corrected chi connectivity index (χ2v) is 7.97. The van der Waals surface area contributed by atoms with Gasteiger partial charge in [-0.3, -0.25) is 4.79 Å². The summed E-state index contributed by atoms with van der Waals surface area (Å²) >= 11 is 0. The van der Waals surface area contributed by atoms with Crippen molar-refractivity contribution in [3.05, 3.63) is 94.3 Å². The van der Waals surface area contributed by atoms with E-state index < -0.39 is 29.4 Å². The number of rotatable bonds is 7. The standard InChI is InChI=1S/C27H22F3N3O4/c1-3-36-26(35)17(2)37-21-13-11-18(12-14-21)16-31-33-24(19-7-6-8-20(15-19)27(28,29)30)32-23-10-5-4-9-22(23)25(33)34/h4-17H,3H2,1-2H3/t17-/m0/s1. The molecule has 10 heteroatoms. The Morgan fingerprint density at radius 2 is 1.81 bits per heavy atom. The monoisotopic (exact) mass is 509 g/mol. The number of carbonyl (C=O) groups excluding carboxylic acids is 1. The molecule has 0 fully saturated rings. The highest BCUT2D eigenvalue weighted by atomic mass is 19.4. The van der Waals surface area contributed by atoms with Crippen molar-refractivity contribution in [1.82, 2.24) is 9.66 Å². The highest BCUT2D eigenvalue weighted by Crippen LogP contribution is 2.32. The molecule has 7 nitrogen and oxygen atoms in total. The molecular formula is C27H22F3N3O4. The lowest BCUT2D eigenvalue weighted by Crippen LogP contribution is -2.26. The second-order valence-electron chi connectivity index (χ2n) is 7.97.